The topological polar surface area (TPSA) is 41.1 Å². The molecule has 0 radical (unpaired) electrons. The van der Waals surface area contributed by atoms with Crippen LogP contribution in [0.3, 0.4) is 0 Å². The monoisotopic (exact) mass is 384 g/mol. The Bertz CT molecular complexity index is 741. The van der Waals surface area contributed by atoms with Crippen LogP contribution in [0.2, 0.25) is 0 Å². The molecule has 0 spiro atoms. The fourth-order valence-electron chi connectivity index (χ4n) is 2.28. The van der Waals surface area contributed by atoms with E-state index in [2.05, 4.69) is 10.6 Å². The first-order valence-electron chi connectivity index (χ1n) is 7.45. The SMILES string of the molecule is Cc1ccc(C)c(NC(NC(=O)c2ccccc2C)C(Cl)(Cl)Cl)c1. The maximum absolute atomic E-state index is 12.5. The highest BCUT2D eigenvalue weighted by Crippen LogP contribution is 2.32. The van der Waals surface area contributed by atoms with Crippen molar-refractivity contribution in [3.05, 3.63) is 64.7 Å². The zero-order valence-electron chi connectivity index (χ0n) is 13.7. The molecule has 0 saturated heterocycles. The Hall–Kier alpha value is -1.42. The highest BCUT2D eigenvalue weighted by Gasteiger charge is 2.34. The Labute approximate surface area is 157 Å². The fourth-order valence-corrected chi connectivity index (χ4v) is 2.61. The fraction of sp³-hybridized carbons (Fsp3) is 0.278. The van der Waals surface area contributed by atoms with Crippen LogP contribution in [0.5, 0.6) is 0 Å². The maximum Gasteiger partial charge on any atom is 0.253 e. The first-order valence-corrected chi connectivity index (χ1v) is 8.59. The Morgan fingerprint density at radius 1 is 1.00 bits per heavy atom. The van der Waals surface area contributed by atoms with Crippen LogP contribution in [-0.4, -0.2) is 15.9 Å². The standard InChI is InChI=1S/C18H19Cl3N2O/c1-11-8-9-13(3)15(10-11)22-17(18(19,20)21)23-16(24)14-7-5-4-6-12(14)2/h4-10,17,22H,1-3H3,(H,23,24). The second-order valence-electron chi connectivity index (χ2n) is 5.73. The normalized spacial score (nSPS) is 12.6. The molecule has 2 aromatic carbocycles. The molecule has 0 fully saturated rings. The van der Waals surface area contributed by atoms with Crippen LogP contribution in [0.15, 0.2) is 42.5 Å². The van der Waals surface area contributed by atoms with Gasteiger partial charge in [0, 0.05) is 11.3 Å². The minimum atomic E-state index is -1.71. The van der Waals surface area contributed by atoms with Gasteiger partial charge in [-0.05, 0) is 49.6 Å². The minimum absolute atomic E-state index is 0.303. The molecule has 0 aliphatic rings. The van der Waals surface area contributed by atoms with Gasteiger partial charge in [-0.3, -0.25) is 4.79 Å². The third-order valence-electron chi connectivity index (χ3n) is 3.69. The van der Waals surface area contributed by atoms with Gasteiger partial charge in [0.1, 0.15) is 6.17 Å². The number of carbonyl (C=O) groups excluding carboxylic acids is 1. The number of hydrogen-bond acceptors (Lipinski definition) is 2. The third kappa shape index (κ3) is 4.79. The quantitative estimate of drug-likeness (QED) is 0.564. The van der Waals surface area contributed by atoms with Crippen molar-refractivity contribution >= 4 is 46.4 Å². The molecule has 0 saturated carbocycles. The largest absolute Gasteiger partial charge is 0.362 e. The van der Waals surface area contributed by atoms with E-state index in [-0.39, 0.29) is 5.91 Å². The Balaban J connectivity index is 2.25. The van der Waals surface area contributed by atoms with Gasteiger partial charge in [0.2, 0.25) is 3.79 Å². The summed E-state index contributed by atoms with van der Waals surface area (Å²) in [6.07, 6.45) is -0.880. The summed E-state index contributed by atoms with van der Waals surface area (Å²) in [7, 11) is 0. The Morgan fingerprint density at radius 3 is 2.29 bits per heavy atom. The molecule has 6 heteroatoms. The second kappa shape index (κ2) is 7.64. The highest BCUT2D eigenvalue weighted by atomic mass is 35.6. The minimum Gasteiger partial charge on any atom is -0.362 e. The summed E-state index contributed by atoms with van der Waals surface area (Å²) in [6.45, 7) is 5.78. The van der Waals surface area contributed by atoms with E-state index in [1.807, 2.05) is 51.1 Å². The molecule has 24 heavy (non-hydrogen) atoms. The van der Waals surface area contributed by atoms with E-state index >= 15 is 0 Å². The number of rotatable bonds is 4. The number of aryl methyl sites for hydroxylation is 3. The van der Waals surface area contributed by atoms with E-state index in [9.17, 15) is 4.79 Å². The molecule has 3 nitrogen and oxygen atoms in total. The van der Waals surface area contributed by atoms with E-state index in [4.69, 9.17) is 34.8 Å². The molecule has 0 heterocycles. The molecular weight excluding hydrogens is 367 g/mol. The number of anilines is 1. The van der Waals surface area contributed by atoms with Gasteiger partial charge in [0.05, 0.1) is 0 Å². The van der Waals surface area contributed by atoms with E-state index < -0.39 is 9.96 Å². The predicted octanol–water partition coefficient (Wildman–Crippen LogP) is 5.15. The van der Waals surface area contributed by atoms with Crippen molar-refractivity contribution in [2.24, 2.45) is 0 Å². The molecule has 2 rings (SSSR count). The molecule has 128 valence electrons. The lowest BCUT2D eigenvalue weighted by atomic mass is 10.1. The van der Waals surface area contributed by atoms with Crippen LogP contribution >= 0.6 is 34.8 Å². The number of alkyl halides is 3. The van der Waals surface area contributed by atoms with Crippen LogP contribution in [0.4, 0.5) is 5.69 Å². The maximum atomic E-state index is 12.5. The van der Waals surface area contributed by atoms with Crippen LogP contribution in [0.25, 0.3) is 0 Å². The van der Waals surface area contributed by atoms with Crippen LogP contribution in [0, 0.1) is 20.8 Å². The summed E-state index contributed by atoms with van der Waals surface area (Å²) in [4.78, 5) is 12.5. The van der Waals surface area contributed by atoms with Crippen molar-refractivity contribution in [3.63, 3.8) is 0 Å². The predicted molar refractivity (Wildman–Crippen MR) is 102 cm³/mol. The lowest BCUT2D eigenvalue weighted by Crippen LogP contribution is -2.49. The van der Waals surface area contributed by atoms with Crippen LogP contribution < -0.4 is 10.6 Å². The van der Waals surface area contributed by atoms with Gasteiger partial charge in [0.25, 0.3) is 5.91 Å². The number of benzene rings is 2. The molecule has 0 bridgehead atoms. The van der Waals surface area contributed by atoms with Gasteiger partial charge < -0.3 is 10.6 Å². The number of hydrogen-bond donors (Lipinski definition) is 2. The molecule has 1 unspecified atom stereocenters. The number of halogens is 3. The van der Waals surface area contributed by atoms with Gasteiger partial charge in [-0.2, -0.15) is 0 Å². The Kier molecular flexibility index (Phi) is 6.02. The summed E-state index contributed by atoms with van der Waals surface area (Å²) in [6, 6.07) is 13.2. The van der Waals surface area contributed by atoms with Crippen molar-refractivity contribution in [3.8, 4) is 0 Å². The van der Waals surface area contributed by atoms with Crippen molar-refractivity contribution in [1.82, 2.24) is 5.32 Å². The first-order chi connectivity index (χ1) is 11.2. The highest BCUT2D eigenvalue weighted by molar-refractivity contribution is 6.68. The lowest BCUT2D eigenvalue weighted by molar-refractivity contribution is 0.0941. The zero-order chi connectivity index (χ0) is 17.9. The molecule has 0 aliphatic carbocycles. The summed E-state index contributed by atoms with van der Waals surface area (Å²) >= 11 is 18.2. The van der Waals surface area contributed by atoms with E-state index in [1.54, 1.807) is 12.1 Å². The van der Waals surface area contributed by atoms with E-state index in [0.29, 0.717) is 5.56 Å². The number of nitrogens with one attached hydrogen (secondary N) is 2. The lowest BCUT2D eigenvalue weighted by Gasteiger charge is -2.28. The summed E-state index contributed by atoms with van der Waals surface area (Å²) in [5, 5.41) is 5.88. The Morgan fingerprint density at radius 2 is 1.67 bits per heavy atom. The molecular formula is C18H19Cl3N2O. The molecule has 0 aliphatic heterocycles. The summed E-state index contributed by atoms with van der Waals surface area (Å²) in [5.74, 6) is -0.303. The summed E-state index contributed by atoms with van der Waals surface area (Å²) < 4.78 is -1.71. The van der Waals surface area contributed by atoms with Gasteiger partial charge >= 0.3 is 0 Å². The molecule has 0 aromatic heterocycles. The molecule has 1 amide bonds. The van der Waals surface area contributed by atoms with E-state index in [0.717, 1.165) is 22.4 Å². The average Bonchev–Trinajstić information content (AvgIpc) is 2.49. The molecule has 2 aromatic rings. The van der Waals surface area contributed by atoms with Crippen molar-refractivity contribution in [2.75, 3.05) is 5.32 Å². The summed E-state index contributed by atoms with van der Waals surface area (Å²) in [5.41, 5.74) is 4.25. The first kappa shape index (κ1) is 18.9. The van der Waals surface area contributed by atoms with Gasteiger partial charge in [-0.25, -0.2) is 0 Å². The molecule has 1 atom stereocenters. The van der Waals surface area contributed by atoms with Gasteiger partial charge in [-0.15, -0.1) is 0 Å². The smallest absolute Gasteiger partial charge is 0.253 e. The van der Waals surface area contributed by atoms with Crippen molar-refractivity contribution < 1.29 is 4.79 Å². The van der Waals surface area contributed by atoms with Crippen molar-refractivity contribution in [1.29, 1.82) is 0 Å². The van der Waals surface area contributed by atoms with E-state index in [1.165, 1.54) is 0 Å². The number of carbonyl (C=O) groups is 1. The average molecular weight is 386 g/mol. The van der Waals surface area contributed by atoms with Crippen LogP contribution in [-0.2, 0) is 0 Å². The van der Waals surface area contributed by atoms with Crippen molar-refractivity contribution in [2.45, 2.75) is 30.7 Å². The molecule has 2 N–H and O–H groups in total. The van der Waals surface area contributed by atoms with Crippen LogP contribution in [0.1, 0.15) is 27.0 Å². The second-order valence-corrected chi connectivity index (χ2v) is 8.09. The zero-order valence-corrected chi connectivity index (χ0v) is 15.9. The number of amides is 1. The van der Waals surface area contributed by atoms with Gasteiger partial charge in [-0.1, -0.05) is 65.1 Å². The third-order valence-corrected chi connectivity index (χ3v) is 4.34. The van der Waals surface area contributed by atoms with Gasteiger partial charge in [0.15, 0.2) is 0 Å².